The van der Waals surface area contributed by atoms with E-state index in [1.165, 1.54) is 0 Å². The van der Waals surface area contributed by atoms with E-state index < -0.39 is 6.08 Å². The molecular formula is C11H11FN4. The summed E-state index contributed by atoms with van der Waals surface area (Å²) in [7, 11) is 0. The Hall–Kier alpha value is -2.04. The number of aryl methyl sites for hydroxylation is 1. The summed E-state index contributed by atoms with van der Waals surface area (Å²) in [6.07, 6.45) is 9.82. The number of anilines is 1. The summed E-state index contributed by atoms with van der Waals surface area (Å²) in [6, 6.07) is 0. The van der Waals surface area contributed by atoms with Crippen LogP contribution in [0.5, 0.6) is 0 Å². The number of rotatable bonds is 2. The molecule has 0 saturated carbocycles. The van der Waals surface area contributed by atoms with Crippen LogP contribution in [0.2, 0.25) is 0 Å². The first-order valence-electron chi connectivity index (χ1n) is 4.92. The van der Waals surface area contributed by atoms with Crippen molar-refractivity contribution < 1.29 is 4.39 Å². The van der Waals surface area contributed by atoms with Crippen molar-refractivity contribution >= 4 is 5.95 Å². The lowest BCUT2D eigenvalue weighted by atomic mass is 10.3. The van der Waals surface area contributed by atoms with Crippen molar-refractivity contribution in [2.45, 2.75) is 13.3 Å². The van der Waals surface area contributed by atoms with Crippen LogP contribution in [0.3, 0.4) is 0 Å². The molecule has 1 heterocycles. The Morgan fingerprint density at radius 1 is 1.25 bits per heavy atom. The fraction of sp³-hybridized carbons (Fsp3) is 0.182. The molecule has 1 N–H and O–H groups in total. The smallest absolute Gasteiger partial charge is 0.313 e. The Kier molecular flexibility index (Phi) is 3.05. The standard InChI is InChI=1S/C11H11FN4/c1-8-13-10(12)16-11(14-8)15-9-6-4-2-3-5-7-9/h2,4-7H,3H2,1H3,(H,13,14,15,16). The van der Waals surface area contributed by atoms with Gasteiger partial charge in [-0.3, -0.25) is 0 Å². The lowest BCUT2D eigenvalue weighted by Crippen LogP contribution is -2.06. The van der Waals surface area contributed by atoms with E-state index >= 15 is 0 Å². The highest BCUT2D eigenvalue weighted by Gasteiger charge is 2.03. The summed E-state index contributed by atoms with van der Waals surface area (Å²) in [4.78, 5) is 11.0. The molecule has 2 rings (SSSR count). The second-order valence-electron chi connectivity index (χ2n) is 3.29. The van der Waals surface area contributed by atoms with Crippen molar-refractivity contribution in [3.8, 4) is 0 Å². The topological polar surface area (TPSA) is 50.7 Å². The third-order valence-electron chi connectivity index (χ3n) is 1.96. The molecule has 0 saturated heterocycles. The summed E-state index contributed by atoms with van der Waals surface area (Å²) < 4.78 is 12.9. The summed E-state index contributed by atoms with van der Waals surface area (Å²) in [5.74, 6) is 0.569. The maximum atomic E-state index is 12.9. The molecule has 0 spiro atoms. The highest BCUT2D eigenvalue weighted by molar-refractivity contribution is 5.42. The van der Waals surface area contributed by atoms with E-state index in [0.29, 0.717) is 5.82 Å². The number of aromatic nitrogens is 3. The lowest BCUT2D eigenvalue weighted by Gasteiger charge is -2.04. The largest absolute Gasteiger partial charge is 0.324 e. The molecule has 0 aromatic carbocycles. The number of hydrogen-bond donors (Lipinski definition) is 1. The van der Waals surface area contributed by atoms with Crippen LogP contribution >= 0.6 is 0 Å². The molecule has 16 heavy (non-hydrogen) atoms. The van der Waals surface area contributed by atoms with E-state index in [-0.39, 0.29) is 5.95 Å². The highest BCUT2D eigenvalue weighted by atomic mass is 19.1. The van der Waals surface area contributed by atoms with E-state index in [4.69, 9.17) is 0 Å². The summed E-state index contributed by atoms with van der Waals surface area (Å²) in [5.41, 5.74) is 0.818. The zero-order valence-electron chi connectivity index (χ0n) is 8.81. The average molecular weight is 218 g/mol. The fourth-order valence-corrected chi connectivity index (χ4v) is 1.30. The van der Waals surface area contributed by atoms with E-state index in [0.717, 1.165) is 12.1 Å². The van der Waals surface area contributed by atoms with Gasteiger partial charge in [-0.2, -0.15) is 19.3 Å². The number of halogens is 1. The zero-order chi connectivity index (χ0) is 11.4. The molecule has 0 radical (unpaired) electrons. The minimum Gasteiger partial charge on any atom is -0.324 e. The van der Waals surface area contributed by atoms with Gasteiger partial charge in [0.25, 0.3) is 0 Å². The predicted molar refractivity (Wildman–Crippen MR) is 59.1 cm³/mol. The van der Waals surface area contributed by atoms with Crippen LogP contribution in [-0.4, -0.2) is 15.0 Å². The number of nitrogens with zero attached hydrogens (tertiary/aromatic N) is 3. The monoisotopic (exact) mass is 218 g/mol. The first kappa shape index (κ1) is 10.5. The summed E-state index contributed by atoms with van der Waals surface area (Å²) >= 11 is 0. The van der Waals surface area contributed by atoms with Crippen LogP contribution in [0.1, 0.15) is 12.2 Å². The number of nitrogens with one attached hydrogen (secondary N) is 1. The van der Waals surface area contributed by atoms with Crippen LogP contribution in [0, 0.1) is 13.0 Å². The van der Waals surface area contributed by atoms with Gasteiger partial charge in [-0.05, 0) is 25.5 Å². The van der Waals surface area contributed by atoms with Gasteiger partial charge in [-0.25, -0.2) is 0 Å². The van der Waals surface area contributed by atoms with Gasteiger partial charge < -0.3 is 5.32 Å². The Morgan fingerprint density at radius 2 is 2.12 bits per heavy atom. The van der Waals surface area contributed by atoms with Crippen molar-refractivity contribution in [1.82, 2.24) is 15.0 Å². The fourth-order valence-electron chi connectivity index (χ4n) is 1.30. The van der Waals surface area contributed by atoms with Gasteiger partial charge in [0, 0.05) is 5.70 Å². The molecule has 1 aromatic heterocycles. The molecule has 1 aliphatic carbocycles. The Labute approximate surface area is 92.7 Å². The second kappa shape index (κ2) is 4.65. The highest BCUT2D eigenvalue weighted by Crippen LogP contribution is 2.08. The lowest BCUT2D eigenvalue weighted by molar-refractivity contribution is 0.529. The first-order chi connectivity index (χ1) is 7.74. The average Bonchev–Trinajstić information content (AvgIpc) is 2.44. The van der Waals surface area contributed by atoms with Gasteiger partial charge in [0.05, 0.1) is 0 Å². The van der Waals surface area contributed by atoms with E-state index in [1.54, 1.807) is 6.92 Å². The van der Waals surface area contributed by atoms with Crippen molar-refractivity contribution in [3.63, 3.8) is 0 Å². The van der Waals surface area contributed by atoms with Gasteiger partial charge in [0.15, 0.2) is 0 Å². The molecule has 82 valence electrons. The van der Waals surface area contributed by atoms with Gasteiger partial charge in [-0.1, -0.05) is 18.2 Å². The molecule has 0 bridgehead atoms. The minimum absolute atomic E-state index is 0.219. The Balaban J connectivity index is 2.20. The van der Waals surface area contributed by atoms with Crippen LogP contribution in [-0.2, 0) is 0 Å². The number of hydrogen-bond acceptors (Lipinski definition) is 4. The van der Waals surface area contributed by atoms with E-state index in [2.05, 4.69) is 20.3 Å². The molecular weight excluding hydrogens is 207 g/mol. The zero-order valence-corrected chi connectivity index (χ0v) is 8.81. The SMILES string of the molecule is Cc1nc(F)nc(NC2=CC=CCC=C2)n1. The van der Waals surface area contributed by atoms with Crippen LogP contribution in [0.4, 0.5) is 10.3 Å². The maximum Gasteiger partial charge on any atom is 0.313 e. The molecule has 1 aromatic rings. The molecule has 0 fully saturated rings. The van der Waals surface area contributed by atoms with E-state index in [9.17, 15) is 4.39 Å². The van der Waals surface area contributed by atoms with Gasteiger partial charge in [0.1, 0.15) is 5.82 Å². The van der Waals surface area contributed by atoms with Crippen molar-refractivity contribution in [3.05, 3.63) is 48.0 Å². The van der Waals surface area contributed by atoms with E-state index in [1.807, 2.05) is 30.4 Å². The quantitative estimate of drug-likeness (QED) is 0.826. The van der Waals surface area contributed by atoms with Gasteiger partial charge in [-0.15, -0.1) is 0 Å². The molecule has 5 heteroatoms. The van der Waals surface area contributed by atoms with Crippen molar-refractivity contribution in [2.24, 2.45) is 0 Å². The first-order valence-corrected chi connectivity index (χ1v) is 4.92. The molecule has 0 unspecified atom stereocenters. The van der Waals surface area contributed by atoms with Gasteiger partial charge >= 0.3 is 6.08 Å². The van der Waals surface area contributed by atoms with Crippen LogP contribution in [0.15, 0.2) is 36.1 Å². The third kappa shape index (κ3) is 2.73. The Bertz CT molecular complexity index is 457. The van der Waals surface area contributed by atoms with Crippen LogP contribution < -0.4 is 5.32 Å². The second-order valence-corrected chi connectivity index (χ2v) is 3.29. The molecule has 0 aliphatic heterocycles. The predicted octanol–water partition coefficient (Wildman–Crippen LogP) is 2.13. The molecule has 4 nitrogen and oxygen atoms in total. The van der Waals surface area contributed by atoms with Crippen LogP contribution in [0.25, 0.3) is 0 Å². The van der Waals surface area contributed by atoms with Gasteiger partial charge in [0.2, 0.25) is 5.95 Å². The molecule has 0 atom stereocenters. The van der Waals surface area contributed by atoms with Crippen molar-refractivity contribution in [2.75, 3.05) is 5.32 Å². The molecule has 1 aliphatic rings. The third-order valence-corrected chi connectivity index (χ3v) is 1.96. The molecule has 0 amide bonds. The Morgan fingerprint density at radius 3 is 2.94 bits per heavy atom. The summed E-state index contributed by atoms with van der Waals surface area (Å²) in [6.45, 7) is 1.62. The summed E-state index contributed by atoms with van der Waals surface area (Å²) in [5, 5.41) is 2.92. The normalized spacial score (nSPS) is 14.5. The minimum atomic E-state index is -0.774. The number of allylic oxidation sites excluding steroid dienone is 5. The maximum absolute atomic E-state index is 12.9. The van der Waals surface area contributed by atoms with Crippen molar-refractivity contribution in [1.29, 1.82) is 0 Å².